The molecule has 1 heterocycles. The van der Waals surface area contributed by atoms with Gasteiger partial charge in [-0.25, -0.2) is 0 Å². The summed E-state index contributed by atoms with van der Waals surface area (Å²) in [5.41, 5.74) is 0.870. The molecule has 2 aromatic rings. The van der Waals surface area contributed by atoms with Crippen molar-refractivity contribution < 1.29 is 18.3 Å². The number of alkyl halides is 2. The average Bonchev–Trinajstić information content (AvgIpc) is 3.18. The van der Waals surface area contributed by atoms with Crippen molar-refractivity contribution in [2.75, 3.05) is 20.2 Å². The fraction of sp³-hybridized carbons (Fsp3) is 0.421. The second-order valence-corrected chi connectivity index (χ2v) is 6.80. The molecule has 0 radical (unpaired) electrons. The van der Waals surface area contributed by atoms with Crippen molar-refractivity contribution in [3.8, 4) is 11.5 Å². The van der Waals surface area contributed by atoms with Crippen LogP contribution in [-0.4, -0.2) is 32.8 Å². The third-order valence-corrected chi connectivity index (χ3v) is 4.92. The zero-order valence-electron chi connectivity index (χ0n) is 15.7. The van der Waals surface area contributed by atoms with E-state index in [-0.39, 0.29) is 5.75 Å². The SMILES string of the molecule is CCOc1cc(CNC(=NC)NCC(C)c2cccs2)ccc1OC(F)F. The number of nitrogens with one attached hydrogen (secondary N) is 2. The normalized spacial score (nSPS) is 12.7. The molecule has 1 unspecified atom stereocenters. The molecule has 0 amide bonds. The molecular formula is C19H25F2N3O2S. The second kappa shape index (κ2) is 10.7. The molecule has 2 N–H and O–H groups in total. The summed E-state index contributed by atoms with van der Waals surface area (Å²) in [5, 5.41) is 8.57. The van der Waals surface area contributed by atoms with E-state index in [2.05, 4.69) is 38.7 Å². The Morgan fingerprint density at radius 3 is 2.67 bits per heavy atom. The van der Waals surface area contributed by atoms with E-state index in [1.54, 1.807) is 37.4 Å². The van der Waals surface area contributed by atoms with Gasteiger partial charge in [0.15, 0.2) is 17.5 Å². The lowest BCUT2D eigenvalue weighted by atomic mass is 10.1. The molecule has 1 atom stereocenters. The molecule has 1 aromatic carbocycles. The highest BCUT2D eigenvalue weighted by molar-refractivity contribution is 7.10. The minimum Gasteiger partial charge on any atom is -0.490 e. The van der Waals surface area contributed by atoms with Crippen LogP contribution in [0.15, 0.2) is 40.7 Å². The molecule has 0 saturated carbocycles. The molecule has 5 nitrogen and oxygen atoms in total. The third kappa shape index (κ3) is 6.71. The molecule has 0 spiro atoms. The van der Waals surface area contributed by atoms with Crippen molar-refractivity contribution in [1.82, 2.24) is 10.6 Å². The van der Waals surface area contributed by atoms with Crippen LogP contribution >= 0.6 is 11.3 Å². The maximum absolute atomic E-state index is 12.5. The summed E-state index contributed by atoms with van der Waals surface area (Å²) in [6.45, 7) is 2.65. The van der Waals surface area contributed by atoms with Crippen LogP contribution in [0.2, 0.25) is 0 Å². The number of nitrogens with zero attached hydrogens (tertiary/aromatic N) is 1. The van der Waals surface area contributed by atoms with E-state index in [0.29, 0.717) is 30.8 Å². The lowest BCUT2D eigenvalue weighted by Crippen LogP contribution is -2.38. The summed E-state index contributed by atoms with van der Waals surface area (Å²) in [5.74, 6) is 1.37. The van der Waals surface area contributed by atoms with Gasteiger partial charge >= 0.3 is 6.61 Å². The number of ether oxygens (including phenoxy) is 2. The number of thiophene rings is 1. The molecule has 0 aliphatic rings. The van der Waals surface area contributed by atoms with Crippen LogP contribution in [0.25, 0.3) is 0 Å². The standard InChI is InChI=1S/C19H25F2N3O2S/c1-4-25-16-10-14(7-8-15(16)26-18(20)21)12-24-19(22-3)23-11-13(2)17-6-5-9-27-17/h5-10,13,18H,4,11-12H2,1-3H3,(H2,22,23,24). The van der Waals surface area contributed by atoms with Gasteiger partial charge in [0.1, 0.15) is 0 Å². The highest BCUT2D eigenvalue weighted by Crippen LogP contribution is 2.29. The summed E-state index contributed by atoms with van der Waals surface area (Å²) in [7, 11) is 1.70. The minimum atomic E-state index is -2.89. The Bertz CT molecular complexity index is 724. The highest BCUT2D eigenvalue weighted by atomic mass is 32.1. The summed E-state index contributed by atoms with van der Waals surface area (Å²) >= 11 is 1.73. The van der Waals surface area contributed by atoms with Crippen LogP contribution in [0.4, 0.5) is 8.78 Å². The summed E-state index contributed by atoms with van der Waals surface area (Å²) in [4.78, 5) is 5.53. The topological polar surface area (TPSA) is 54.9 Å². The van der Waals surface area contributed by atoms with Crippen molar-refractivity contribution in [1.29, 1.82) is 0 Å². The van der Waals surface area contributed by atoms with Crippen molar-refractivity contribution in [2.45, 2.75) is 32.9 Å². The van der Waals surface area contributed by atoms with Gasteiger partial charge in [-0.1, -0.05) is 19.1 Å². The van der Waals surface area contributed by atoms with Crippen LogP contribution in [0.3, 0.4) is 0 Å². The Balaban J connectivity index is 1.92. The van der Waals surface area contributed by atoms with Crippen molar-refractivity contribution in [2.24, 2.45) is 4.99 Å². The van der Waals surface area contributed by atoms with Crippen LogP contribution in [0.5, 0.6) is 11.5 Å². The predicted octanol–water partition coefficient (Wildman–Crippen LogP) is 4.22. The molecule has 0 fully saturated rings. The molecule has 8 heteroatoms. The molecule has 0 saturated heterocycles. The zero-order valence-corrected chi connectivity index (χ0v) is 16.5. The smallest absolute Gasteiger partial charge is 0.387 e. The third-order valence-electron chi connectivity index (χ3n) is 3.81. The first kappa shape index (κ1) is 21.0. The minimum absolute atomic E-state index is 0.0304. The predicted molar refractivity (Wildman–Crippen MR) is 105 cm³/mol. The monoisotopic (exact) mass is 397 g/mol. The Morgan fingerprint density at radius 1 is 1.22 bits per heavy atom. The van der Waals surface area contributed by atoms with Gasteiger partial charge in [0.05, 0.1) is 6.61 Å². The van der Waals surface area contributed by atoms with Gasteiger partial charge in [-0.15, -0.1) is 11.3 Å². The molecule has 0 aliphatic heterocycles. The van der Waals surface area contributed by atoms with Crippen LogP contribution in [0.1, 0.15) is 30.2 Å². The van der Waals surface area contributed by atoms with Crippen LogP contribution < -0.4 is 20.1 Å². The Hall–Kier alpha value is -2.35. The fourth-order valence-electron chi connectivity index (χ4n) is 2.45. The van der Waals surface area contributed by atoms with Gasteiger partial charge in [0.2, 0.25) is 0 Å². The van der Waals surface area contributed by atoms with E-state index in [0.717, 1.165) is 12.1 Å². The lowest BCUT2D eigenvalue weighted by Gasteiger charge is -2.16. The Labute approximate surface area is 162 Å². The van der Waals surface area contributed by atoms with Gasteiger partial charge in [-0.2, -0.15) is 8.78 Å². The Morgan fingerprint density at radius 2 is 2.04 bits per heavy atom. The van der Waals surface area contributed by atoms with E-state index >= 15 is 0 Å². The number of rotatable bonds is 9. The van der Waals surface area contributed by atoms with E-state index in [4.69, 9.17) is 4.74 Å². The van der Waals surface area contributed by atoms with Crippen molar-refractivity contribution in [3.05, 3.63) is 46.2 Å². The highest BCUT2D eigenvalue weighted by Gasteiger charge is 2.12. The summed E-state index contributed by atoms with van der Waals surface area (Å²) in [6.07, 6.45) is 0. The number of hydrogen-bond donors (Lipinski definition) is 2. The molecule has 1 aromatic heterocycles. The summed E-state index contributed by atoms with van der Waals surface area (Å²) < 4.78 is 34.8. The maximum atomic E-state index is 12.5. The first-order chi connectivity index (χ1) is 13.0. The number of guanidine groups is 1. The van der Waals surface area contributed by atoms with Gasteiger partial charge in [0, 0.05) is 30.9 Å². The largest absolute Gasteiger partial charge is 0.490 e. The molecule has 27 heavy (non-hydrogen) atoms. The van der Waals surface area contributed by atoms with Gasteiger partial charge < -0.3 is 20.1 Å². The van der Waals surface area contributed by atoms with E-state index in [9.17, 15) is 8.78 Å². The van der Waals surface area contributed by atoms with E-state index in [1.807, 2.05) is 6.07 Å². The zero-order chi connectivity index (χ0) is 19.6. The number of benzene rings is 1. The molecule has 148 valence electrons. The van der Waals surface area contributed by atoms with Crippen LogP contribution in [-0.2, 0) is 6.54 Å². The molecule has 0 bridgehead atoms. The fourth-order valence-corrected chi connectivity index (χ4v) is 3.24. The van der Waals surface area contributed by atoms with Crippen molar-refractivity contribution in [3.63, 3.8) is 0 Å². The maximum Gasteiger partial charge on any atom is 0.387 e. The van der Waals surface area contributed by atoms with Gasteiger partial charge in [0.25, 0.3) is 0 Å². The number of hydrogen-bond acceptors (Lipinski definition) is 4. The van der Waals surface area contributed by atoms with E-state index < -0.39 is 6.61 Å². The number of halogens is 2. The average molecular weight is 397 g/mol. The first-order valence-corrected chi connectivity index (χ1v) is 9.59. The van der Waals surface area contributed by atoms with E-state index in [1.165, 1.54) is 10.9 Å². The Kier molecular flexibility index (Phi) is 8.32. The number of aliphatic imine (C=N–C) groups is 1. The quantitative estimate of drug-likeness (QED) is 0.491. The molecule has 2 rings (SSSR count). The first-order valence-electron chi connectivity index (χ1n) is 8.72. The summed E-state index contributed by atoms with van der Waals surface area (Å²) in [6, 6.07) is 9.06. The molecular weight excluding hydrogens is 372 g/mol. The molecule has 0 aliphatic carbocycles. The second-order valence-electron chi connectivity index (χ2n) is 5.82. The van der Waals surface area contributed by atoms with Crippen LogP contribution in [0, 0.1) is 0 Å². The van der Waals surface area contributed by atoms with Gasteiger partial charge in [-0.05, 0) is 36.1 Å². The lowest BCUT2D eigenvalue weighted by molar-refractivity contribution is -0.0514. The van der Waals surface area contributed by atoms with Crippen molar-refractivity contribution >= 4 is 17.3 Å². The van der Waals surface area contributed by atoms with Gasteiger partial charge in [-0.3, -0.25) is 4.99 Å².